The molecular weight excluding hydrogens is 264 g/mol. The summed E-state index contributed by atoms with van der Waals surface area (Å²) in [7, 11) is 1.76. The second-order valence-corrected chi connectivity index (χ2v) is 4.10. The van der Waals surface area contributed by atoms with Crippen LogP contribution in [0.3, 0.4) is 0 Å². The van der Waals surface area contributed by atoms with E-state index in [1.807, 2.05) is 0 Å². The van der Waals surface area contributed by atoms with Crippen molar-refractivity contribution in [1.82, 2.24) is 9.78 Å². The molecule has 0 spiro atoms. The van der Waals surface area contributed by atoms with Gasteiger partial charge in [-0.3, -0.25) is 14.8 Å². The van der Waals surface area contributed by atoms with Crippen molar-refractivity contribution in [2.24, 2.45) is 7.05 Å². The molecule has 0 fully saturated rings. The summed E-state index contributed by atoms with van der Waals surface area (Å²) < 4.78 is 1.61. The molecule has 0 amide bonds. The first-order chi connectivity index (χ1) is 9.49. The maximum Gasteiger partial charge on any atom is 0.342 e. The van der Waals surface area contributed by atoms with Crippen molar-refractivity contribution in [3.05, 3.63) is 51.8 Å². The molecule has 20 heavy (non-hydrogen) atoms. The van der Waals surface area contributed by atoms with Gasteiger partial charge in [-0.15, -0.1) is 0 Å². The third-order valence-corrected chi connectivity index (χ3v) is 2.68. The summed E-state index contributed by atoms with van der Waals surface area (Å²) in [5.41, 5.74) is 0.0556. The number of carboxylic acids is 1. The maximum absolute atomic E-state index is 11.0. The number of carboxylic acid groups (broad SMARTS) is 1. The van der Waals surface area contributed by atoms with Crippen LogP contribution in [0.5, 0.6) is 0 Å². The van der Waals surface area contributed by atoms with Crippen molar-refractivity contribution in [3.63, 3.8) is 0 Å². The third-order valence-electron chi connectivity index (χ3n) is 2.68. The molecule has 0 aliphatic rings. The summed E-state index contributed by atoms with van der Waals surface area (Å²) in [6.07, 6.45) is 1.75. The molecule has 8 heteroatoms. The minimum atomic E-state index is -1.34. The molecule has 0 saturated heterocycles. The molecule has 2 N–H and O–H groups in total. The predicted molar refractivity (Wildman–Crippen MR) is 70.6 cm³/mol. The lowest BCUT2D eigenvalue weighted by atomic mass is 10.1. The quantitative estimate of drug-likeness (QED) is 0.634. The Bertz CT molecular complexity index is 665. The molecule has 2 aromatic rings. The van der Waals surface area contributed by atoms with E-state index in [0.29, 0.717) is 5.69 Å². The highest BCUT2D eigenvalue weighted by atomic mass is 16.6. The summed E-state index contributed by atoms with van der Waals surface area (Å²) in [6.45, 7) is 0.269. The minimum absolute atomic E-state index is 0.153. The van der Waals surface area contributed by atoms with Crippen molar-refractivity contribution in [2.75, 3.05) is 5.32 Å². The van der Waals surface area contributed by atoms with Gasteiger partial charge in [-0.2, -0.15) is 5.10 Å². The van der Waals surface area contributed by atoms with Gasteiger partial charge in [0.15, 0.2) is 0 Å². The Morgan fingerprint density at radius 3 is 2.80 bits per heavy atom. The maximum atomic E-state index is 11.0. The number of hydrogen-bond donors (Lipinski definition) is 2. The minimum Gasteiger partial charge on any atom is -0.477 e. The van der Waals surface area contributed by atoms with E-state index in [2.05, 4.69) is 10.4 Å². The zero-order valence-electron chi connectivity index (χ0n) is 10.6. The van der Waals surface area contributed by atoms with Gasteiger partial charge in [0.25, 0.3) is 0 Å². The van der Waals surface area contributed by atoms with Gasteiger partial charge in [-0.25, -0.2) is 4.79 Å². The van der Waals surface area contributed by atoms with Gasteiger partial charge in [-0.05, 0) is 18.2 Å². The van der Waals surface area contributed by atoms with Gasteiger partial charge in [0, 0.05) is 13.2 Å². The number of para-hydroxylation sites is 1. The molecule has 0 saturated carbocycles. The second-order valence-electron chi connectivity index (χ2n) is 4.10. The van der Waals surface area contributed by atoms with Gasteiger partial charge < -0.3 is 10.4 Å². The molecule has 0 atom stereocenters. The molecular formula is C12H12N4O4. The van der Waals surface area contributed by atoms with Crippen LogP contribution in [0.4, 0.5) is 11.4 Å². The van der Waals surface area contributed by atoms with Crippen molar-refractivity contribution in [2.45, 2.75) is 6.54 Å². The lowest BCUT2D eigenvalue weighted by Gasteiger charge is -2.07. The number of aromatic carboxylic acids is 1. The fourth-order valence-electron chi connectivity index (χ4n) is 1.80. The average molecular weight is 276 g/mol. The second kappa shape index (κ2) is 5.39. The van der Waals surface area contributed by atoms with Crippen LogP contribution in [-0.2, 0) is 13.6 Å². The van der Waals surface area contributed by atoms with Crippen LogP contribution in [0, 0.1) is 10.1 Å². The third kappa shape index (κ3) is 2.74. The molecule has 0 bridgehead atoms. The lowest BCUT2D eigenvalue weighted by molar-refractivity contribution is -0.384. The summed E-state index contributed by atoms with van der Waals surface area (Å²) in [4.78, 5) is 21.3. The number of anilines is 1. The molecule has 2 rings (SSSR count). The van der Waals surface area contributed by atoms with E-state index in [1.165, 1.54) is 18.2 Å². The summed E-state index contributed by atoms with van der Waals surface area (Å²) in [5, 5.41) is 27.0. The first-order valence-corrected chi connectivity index (χ1v) is 5.72. The summed E-state index contributed by atoms with van der Waals surface area (Å²) in [5.74, 6) is -1.34. The van der Waals surface area contributed by atoms with E-state index in [-0.39, 0.29) is 17.8 Å². The van der Waals surface area contributed by atoms with Crippen molar-refractivity contribution < 1.29 is 14.8 Å². The molecule has 8 nitrogen and oxygen atoms in total. The van der Waals surface area contributed by atoms with E-state index in [4.69, 9.17) is 5.11 Å². The Labute approximate surface area is 113 Å². The molecule has 0 aliphatic heterocycles. The Morgan fingerprint density at radius 1 is 1.50 bits per heavy atom. The number of benzene rings is 1. The molecule has 1 aromatic carbocycles. The van der Waals surface area contributed by atoms with Crippen LogP contribution in [0.15, 0.2) is 30.5 Å². The fourth-order valence-corrected chi connectivity index (χ4v) is 1.80. The number of nitrogens with zero attached hydrogens (tertiary/aromatic N) is 3. The molecule has 0 radical (unpaired) electrons. The Balaban J connectivity index is 2.29. The number of aryl methyl sites for hydroxylation is 1. The van der Waals surface area contributed by atoms with Crippen LogP contribution < -0.4 is 5.32 Å². The zero-order valence-corrected chi connectivity index (χ0v) is 10.6. The van der Waals surface area contributed by atoms with Crippen LogP contribution in [0.2, 0.25) is 0 Å². The number of carbonyl (C=O) groups is 1. The molecule has 1 heterocycles. The van der Waals surface area contributed by atoms with Gasteiger partial charge in [0.05, 0.1) is 17.2 Å². The van der Waals surface area contributed by atoms with Crippen molar-refractivity contribution >= 4 is 17.3 Å². The van der Waals surface area contributed by atoms with E-state index in [9.17, 15) is 14.9 Å². The van der Waals surface area contributed by atoms with Gasteiger partial charge in [0.1, 0.15) is 11.3 Å². The van der Waals surface area contributed by atoms with Gasteiger partial charge >= 0.3 is 11.7 Å². The van der Waals surface area contributed by atoms with E-state index in [1.54, 1.807) is 24.0 Å². The van der Waals surface area contributed by atoms with E-state index < -0.39 is 16.6 Å². The van der Waals surface area contributed by atoms with Gasteiger partial charge in [0.2, 0.25) is 0 Å². The van der Waals surface area contributed by atoms with Crippen LogP contribution in [-0.4, -0.2) is 25.8 Å². The SMILES string of the molecule is Cn1ccc(CNc2cccc(C(=O)O)c2[N+](=O)[O-])n1. The lowest BCUT2D eigenvalue weighted by Crippen LogP contribution is -2.08. The van der Waals surface area contributed by atoms with Crippen LogP contribution >= 0.6 is 0 Å². The number of nitro benzene ring substituents is 1. The standard InChI is InChI=1S/C12H12N4O4/c1-15-6-5-8(14-15)7-13-10-4-2-3-9(12(17)18)11(10)16(19)20/h2-6,13H,7H2,1H3,(H,17,18). The largest absolute Gasteiger partial charge is 0.477 e. The number of aromatic nitrogens is 2. The number of nitrogens with one attached hydrogen (secondary N) is 1. The molecule has 1 aromatic heterocycles. The molecule has 0 unspecified atom stereocenters. The Hall–Kier alpha value is -2.90. The predicted octanol–water partition coefficient (Wildman–Crippen LogP) is 1.64. The number of hydrogen-bond acceptors (Lipinski definition) is 5. The number of rotatable bonds is 5. The van der Waals surface area contributed by atoms with Crippen LogP contribution in [0.1, 0.15) is 16.1 Å². The van der Waals surface area contributed by atoms with Crippen molar-refractivity contribution in [3.8, 4) is 0 Å². The highest BCUT2D eigenvalue weighted by Gasteiger charge is 2.23. The molecule has 104 valence electrons. The smallest absolute Gasteiger partial charge is 0.342 e. The monoisotopic (exact) mass is 276 g/mol. The van der Waals surface area contributed by atoms with Crippen molar-refractivity contribution in [1.29, 1.82) is 0 Å². The molecule has 0 aliphatic carbocycles. The van der Waals surface area contributed by atoms with E-state index in [0.717, 1.165) is 0 Å². The first-order valence-electron chi connectivity index (χ1n) is 5.72. The van der Waals surface area contributed by atoms with Gasteiger partial charge in [-0.1, -0.05) is 6.07 Å². The Kier molecular flexibility index (Phi) is 3.65. The highest BCUT2D eigenvalue weighted by molar-refractivity contribution is 5.95. The summed E-state index contributed by atoms with van der Waals surface area (Å²) >= 11 is 0. The average Bonchev–Trinajstić information content (AvgIpc) is 2.81. The zero-order chi connectivity index (χ0) is 14.7. The fraction of sp³-hybridized carbons (Fsp3) is 0.167. The number of nitro groups is 1. The highest BCUT2D eigenvalue weighted by Crippen LogP contribution is 2.28. The van der Waals surface area contributed by atoms with E-state index >= 15 is 0 Å². The van der Waals surface area contributed by atoms with Crippen LogP contribution in [0.25, 0.3) is 0 Å². The topological polar surface area (TPSA) is 110 Å². The normalized spacial score (nSPS) is 10.2. The first kappa shape index (κ1) is 13.5. The summed E-state index contributed by atoms with van der Waals surface area (Å²) in [6, 6.07) is 5.89. The Morgan fingerprint density at radius 2 is 2.25 bits per heavy atom.